The Hall–Kier alpha value is -2.58. The van der Waals surface area contributed by atoms with Gasteiger partial charge >= 0.3 is 0 Å². The average molecular weight is 404 g/mol. The van der Waals surface area contributed by atoms with E-state index in [9.17, 15) is 8.78 Å². The molecule has 1 saturated heterocycles. The van der Waals surface area contributed by atoms with Crippen LogP contribution in [0.15, 0.2) is 41.5 Å². The summed E-state index contributed by atoms with van der Waals surface area (Å²) < 4.78 is 28.9. The van der Waals surface area contributed by atoms with Crippen molar-refractivity contribution in [2.24, 2.45) is 10.8 Å². The number of hydrogen-bond acceptors (Lipinski definition) is 4. The summed E-state index contributed by atoms with van der Waals surface area (Å²) in [6.07, 6.45) is 1.15. The van der Waals surface area contributed by atoms with Crippen LogP contribution >= 0.6 is 12.2 Å². The van der Waals surface area contributed by atoms with Gasteiger partial charge in [-0.1, -0.05) is 29.8 Å². The molecule has 0 aromatic heterocycles. The van der Waals surface area contributed by atoms with Gasteiger partial charge in [0, 0.05) is 44.4 Å². The molecule has 0 amide bonds. The van der Waals surface area contributed by atoms with Crippen molar-refractivity contribution in [1.82, 2.24) is 10.3 Å². The highest BCUT2D eigenvalue weighted by molar-refractivity contribution is 7.80. The van der Waals surface area contributed by atoms with Gasteiger partial charge in [0.05, 0.1) is 11.9 Å². The Bertz CT molecular complexity index is 879. The third-order valence-electron chi connectivity index (χ3n) is 4.65. The minimum Gasteiger partial charge on any atom is -0.375 e. The van der Waals surface area contributed by atoms with E-state index in [1.807, 2.05) is 4.90 Å². The molecule has 0 atom stereocenters. The van der Waals surface area contributed by atoms with Crippen LogP contribution in [0.5, 0.6) is 0 Å². The second-order valence-electron chi connectivity index (χ2n) is 6.81. The zero-order valence-electron chi connectivity index (χ0n) is 15.7. The summed E-state index contributed by atoms with van der Waals surface area (Å²) in [5.41, 5.74) is 10.4. The van der Waals surface area contributed by atoms with Crippen molar-refractivity contribution < 1.29 is 8.78 Å². The standard InChI is InChI=1S/C20H23F2N5S/c1-14-3-2-4-15(9-14)13-26-5-7-27(8-6-26)19-11-17(21)16(10-18(19)22)12-24-25-20(23)28/h2-4,9-12H,5-8,13H2,1H3,(H3,23,25,28)/b24-12+. The molecule has 2 aromatic rings. The first-order valence-corrected chi connectivity index (χ1v) is 9.43. The van der Waals surface area contributed by atoms with Gasteiger partial charge in [-0.05, 0) is 30.8 Å². The van der Waals surface area contributed by atoms with Gasteiger partial charge in [0.15, 0.2) is 5.11 Å². The summed E-state index contributed by atoms with van der Waals surface area (Å²) in [6, 6.07) is 10.8. The molecule has 0 spiro atoms. The van der Waals surface area contributed by atoms with E-state index in [0.29, 0.717) is 13.1 Å². The van der Waals surface area contributed by atoms with E-state index in [2.05, 4.69) is 58.8 Å². The van der Waals surface area contributed by atoms with E-state index in [-0.39, 0.29) is 16.4 Å². The first kappa shape index (κ1) is 20.2. The number of hydrogen-bond donors (Lipinski definition) is 2. The number of nitrogens with zero attached hydrogens (tertiary/aromatic N) is 3. The van der Waals surface area contributed by atoms with Crippen molar-refractivity contribution in [1.29, 1.82) is 0 Å². The van der Waals surface area contributed by atoms with E-state index in [1.54, 1.807) is 0 Å². The van der Waals surface area contributed by atoms with Gasteiger partial charge in [-0.2, -0.15) is 5.10 Å². The Labute approximate surface area is 168 Å². The van der Waals surface area contributed by atoms with Gasteiger partial charge in [0.1, 0.15) is 11.6 Å². The number of anilines is 1. The summed E-state index contributed by atoms with van der Waals surface area (Å²) in [7, 11) is 0. The molecule has 1 heterocycles. The molecule has 28 heavy (non-hydrogen) atoms. The smallest absolute Gasteiger partial charge is 0.184 e. The van der Waals surface area contributed by atoms with Crippen LogP contribution in [0.25, 0.3) is 0 Å². The minimum absolute atomic E-state index is 0.0306. The van der Waals surface area contributed by atoms with Crippen molar-refractivity contribution in [2.75, 3.05) is 31.1 Å². The minimum atomic E-state index is -0.549. The maximum Gasteiger partial charge on any atom is 0.184 e. The molecule has 2 aromatic carbocycles. The van der Waals surface area contributed by atoms with Crippen molar-refractivity contribution >= 4 is 29.2 Å². The van der Waals surface area contributed by atoms with Gasteiger partial charge < -0.3 is 10.6 Å². The lowest BCUT2D eigenvalue weighted by atomic mass is 10.1. The first-order chi connectivity index (χ1) is 13.4. The SMILES string of the molecule is Cc1cccc(CN2CCN(c3cc(F)c(/C=N/NC(N)=S)cc3F)CC2)c1. The number of aryl methyl sites for hydroxylation is 1. The number of piperazine rings is 1. The molecule has 0 bridgehead atoms. The number of hydrazone groups is 1. The second-order valence-corrected chi connectivity index (χ2v) is 7.25. The van der Waals surface area contributed by atoms with Crippen molar-refractivity contribution in [2.45, 2.75) is 13.5 Å². The van der Waals surface area contributed by atoms with Crippen LogP contribution in [0, 0.1) is 18.6 Å². The van der Waals surface area contributed by atoms with E-state index < -0.39 is 11.6 Å². The van der Waals surface area contributed by atoms with Crippen LogP contribution in [-0.4, -0.2) is 42.4 Å². The molecule has 0 radical (unpaired) electrons. The summed E-state index contributed by atoms with van der Waals surface area (Å²) in [6.45, 7) is 5.79. The summed E-state index contributed by atoms with van der Waals surface area (Å²) in [5.74, 6) is -1.03. The Morgan fingerprint density at radius 2 is 1.93 bits per heavy atom. The summed E-state index contributed by atoms with van der Waals surface area (Å²) in [4.78, 5) is 4.20. The maximum atomic E-state index is 14.5. The lowest BCUT2D eigenvalue weighted by Gasteiger charge is -2.36. The molecule has 1 aliphatic heterocycles. The maximum absolute atomic E-state index is 14.5. The van der Waals surface area contributed by atoms with E-state index in [4.69, 9.17) is 5.73 Å². The summed E-state index contributed by atoms with van der Waals surface area (Å²) >= 11 is 4.61. The van der Waals surface area contributed by atoms with Crippen LogP contribution in [0.4, 0.5) is 14.5 Å². The van der Waals surface area contributed by atoms with Gasteiger partial charge in [-0.3, -0.25) is 10.3 Å². The largest absolute Gasteiger partial charge is 0.375 e. The number of rotatable bonds is 5. The van der Waals surface area contributed by atoms with Gasteiger partial charge in [-0.25, -0.2) is 8.78 Å². The van der Waals surface area contributed by atoms with Crippen LogP contribution in [0.1, 0.15) is 16.7 Å². The fourth-order valence-corrected chi connectivity index (χ4v) is 3.33. The Kier molecular flexibility index (Phi) is 6.53. The van der Waals surface area contributed by atoms with Gasteiger partial charge in [0.25, 0.3) is 0 Å². The number of nitrogens with one attached hydrogen (secondary N) is 1. The predicted octanol–water partition coefficient (Wildman–Crippen LogP) is 2.76. The van der Waals surface area contributed by atoms with Gasteiger partial charge in [-0.15, -0.1) is 0 Å². The Morgan fingerprint density at radius 3 is 2.61 bits per heavy atom. The normalized spacial score (nSPS) is 15.2. The molecule has 148 valence electrons. The molecule has 0 unspecified atom stereocenters. The van der Waals surface area contributed by atoms with E-state index in [0.717, 1.165) is 31.9 Å². The summed E-state index contributed by atoms with van der Waals surface area (Å²) in [5, 5.41) is 3.63. The van der Waals surface area contributed by atoms with Crippen LogP contribution in [0.3, 0.4) is 0 Å². The molecule has 1 fully saturated rings. The molecule has 3 rings (SSSR count). The highest BCUT2D eigenvalue weighted by atomic mass is 32.1. The number of halogens is 2. The van der Waals surface area contributed by atoms with Gasteiger partial charge in [0.2, 0.25) is 0 Å². The fourth-order valence-electron chi connectivity index (χ4n) is 3.27. The lowest BCUT2D eigenvalue weighted by Crippen LogP contribution is -2.46. The molecule has 8 heteroatoms. The zero-order chi connectivity index (χ0) is 20.1. The second kappa shape index (κ2) is 9.07. The molecule has 0 saturated carbocycles. The third kappa shape index (κ3) is 5.24. The Morgan fingerprint density at radius 1 is 1.18 bits per heavy atom. The molecule has 0 aliphatic carbocycles. The molecular formula is C20H23F2N5S. The molecule has 1 aliphatic rings. The van der Waals surface area contributed by atoms with E-state index in [1.165, 1.54) is 17.2 Å². The fraction of sp³-hybridized carbons (Fsp3) is 0.300. The molecule has 3 N–H and O–H groups in total. The van der Waals surface area contributed by atoms with Crippen LogP contribution in [-0.2, 0) is 6.54 Å². The number of benzene rings is 2. The molecule has 5 nitrogen and oxygen atoms in total. The van der Waals surface area contributed by atoms with E-state index >= 15 is 0 Å². The lowest BCUT2D eigenvalue weighted by molar-refractivity contribution is 0.249. The average Bonchev–Trinajstić information content (AvgIpc) is 2.65. The number of thiocarbonyl (C=S) groups is 1. The quantitative estimate of drug-likeness (QED) is 0.457. The van der Waals surface area contributed by atoms with Crippen LogP contribution in [0.2, 0.25) is 0 Å². The highest BCUT2D eigenvalue weighted by Gasteiger charge is 2.21. The van der Waals surface area contributed by atoms with Crippen molar-refractivity contribution in [3.05, 3.63) is 64.7 Å². The van der Waals surface area contributed by atoms with Crippen LogP contribution < -0.4 is 16.1 Å². The Balaban J connectivity index is 1.63. The van der Waals surface area contributed by atoms with Crippen molar-refractivity contribution in [3.63, 3.8) is 0 Å². The third-order valence-corrected chi connectivity index (χ3v) is 4.74. The first-order valence-electron chi connectivity index (χ1n) is 9.03. The number of nitrogens with two attached hydrogens (primary N) is 1. The predicted molar refractivity (Wildman–Crippen MR) is 113 cm³/mol. The molecular weight excluding hydrogens is 380 g/mol. The highest BCUT2D eigenvalue weighted by Crippen LogP contribution is 2.24. The zero-order valence-corrected chi connectivity index (χ0v) is 16.5. The topological polar surface area (TPSA) is 56.9 Å². The monoisotopic (exact) mass is 403 g/mol. The van der Waals surface area contributed by atoms with Crippen molar-refractivity contribution in [3.8, 4) is 0 Å².